The number of para-hydroxylation sites is 1. The maximum atomic E-state index is 14.2. The zero-order valence-corrected chi connectivity index (χ0v) is 19.2. The van der Waals surface area contributed by atoms with Crippen LogP contribution in [-0.4, -0.2) is 21.4 Å². The number of benzene rings is 1. The third kappa shape index (κ3) is 4.73. The van der Waals surface area contributed by atoms with Crippen LogP contribution in [0.1, 0.15) is 40.1 Å². The Labute approximate surface area is 194 Å². The van der Waals surface area contributed by atoms with E-state index < -0.39 is 11.8 Å². The number of halogens is 1. The molecule has 0 radical (unpaired) electrons. The van der Waals surface area contributed by atoms with E-state index in [1.165, 1.54) is 35.3 Å². The van der Waals surface area contributed by atoms with E-state index in [1.54, 1.807) is 29.8 Å². The van der Waals surface area contributed by atoms with Crippen LogP contribution < -0.4 is 4.90 Å². The molecule has 0 aliphatic carbocycles. The van der Waals surface area contributed by atoms with Crippen molar-refractivity contribution in [3.63, 3.8) is 0 Å². The van der Waals surface area contributed by atoms with Crippen molar-refractivity contribution in [3.05, 3.63) is 88.3 Å². The van der Waals surface area contributed by atoms with E-state index in [0.29, 0.717) is 22.9 Å². The number of hydrogen-bond donors (Lipinski definition) is 0. The maximum Gasteiger partial charge on any atom is 0.340 e. The Bertz CT molecular complexity index is 1290. The number of aryl methyl sites for hydroxylation is 1. The van der Waals surface area contributed by atoms with Crippen molar-refractivity contribution < 1.29 is 23.1 Å². The number of amides is 1. The number of nitrogens with zero attached hydrogens (tertiary/aromatic N) is 3. The van der Waals surface area contributed by atoms with Gasteiger partial charge < -0.3 is 13.7 Å². The average molecular weight is 468 g/mol. The summed E-state index contributed by atoms with van der Waals surface area (Å²) >= 11 is 1.17. The number of rotatable bonds is 7. The number of esters is 1. The molecule has 170 valence electrons. The Morgan fingerprint density at radius 2 is 2.00 bits per heavy atom. The number of furan rings is 1. The molecule has 1 amide bonds. The number of thiazole rings is 1. The van der Waals surface area contributed by atoms with Crippen LogP contribution in [0.15, 0.2) is 58.5 Å². The van der Waals surface area contributed by atoms with Crippen LogP contribution in [0.4, 0.5) is 15.2 Å². The van der Waals surface area contributed by atoms with Crippen molar-refractivity contribution >= 4 is 34.0 Å². The number of carbonyl (C=O) groups excluding carboxylic acids is 2. The Morgan fingerprint density at radius 1 is 1.21 bits per heavy atom. The van der Waals surface area contributed by atoms with Crippen molar-refractivity contribution in [2.75, 3.05) is 4.90 Å². The van der Waals surface area contributed by atoms with E-state index >= 15 is 0 Å². The molecule has 0 aliphatic heterocycles. The van der Waals surface area contributed by atoms with Gasteiger partial charge in [0.25, 0.3) is 0 Å². The van der Waals surface area contributed by atoms with Gasteiger partial charge in [0, 0.05) is 23.7 Å². The Balaban J connectivity index is 1.47. The number of anilines is 2. The highest BCUT2D eigenvalue weighted by atomic mass is 32.1. The van der Waals surface area contributed by atoms with Crippen LogP contribution in [0.3, 0.4) is 0 Å². The lowest BCUT2D eigenvalue weighted by molar-refractivity contribution is -0.115. The van der Waals surface area contributed by atoms with Crippen molar-refractivity contribution in [1.82, 2.24) is 9.55 Å². The molecule has 0 saturated heterocycles. The second kappa shape index (κ2) is 9.41. The van der Waals surface area contributed by atoms with E-state index in [1.807, 2.05) is 30.5 Å². The van der Waals surface area contributed by atoms with Crippen LogP contribution in [0, 0.1) is 19.7 Å². The summed E-state index contributed by atoms with van der Waals surface area (Å²) in [7, 11) is 0. The second-order valence-corrected chi connectivity index (χ2v) is 8.29. The van der Waals surface area contributed by atoms with Gasteiger partial charge in [0.1, 0.15) is 18.2 Å². The van der Waals surface area contributed by atoms with Gasteiger partial charge in [-0.2, -0.15) is 0 Å². The Morgan fingerprint density at radius 3 is 2.70 bits per heavy atom. The maximum absolute atomic E-state index is 14.2. The molecule has 0 bridgehead atoms. The molecular formula is C24H22FN3O4S. The molecule has 1 aromatic carbocycles. The van der Waals surface area contributed by atoms with Crippen molar-refractivity contribution in [2.24, 2.45) is 0 Å². The number of aromatic nitrogens is 2. The zero-order chi connectivity index (χ0) is 23.5. The Hall–Kier alpha value is -3.72. The first-order valence-corrected chi connectivity index (χ1v) is 11.1. The highest BCUT2D eigenvalue weighted by Crippen LogP contribution is 2.31. The van der Waals surface area contributed by atoms with E-state index in [0.717, 1.165) is 17.1 Å². The van der Waals surface area contributed by atoms with Gasteiger partial charge in [-0.1, -0.05) is 12.1 Å². The van der Waals surface area contributed by atoms with Crippen molar-refractivity contribution in [1.29, 1.82) is 0 Å². The van der Waals surface area contributed by atoms with Crippen LogP contribution in [0.2, 0.25) is 0 Å². The van der Waals surface area contributed by atoms with Gasteiger partial charge in [0.2, 0.25) is 5.91 Å². The zero-order valence-electron chi connectivity index (χ0n) is 18.4. The topological polar surface area (TPSA) is 77.6 Å². The minimum atomic E-state index is -0.527. The first-order chi connectivity index (χ1) is 15.8. The molecule has 0 spiro atoms. The monoisotopic (exact) mass is 467 g/mol. The molecule has 3 heterocycles. The third-order valence-electron chi connectivity index (χ3n) is 5.18. The third-order valence-corrected chi connectivity index (χ3v) is 6.05. The fourth-order valence-electron chi connectivity index (χ4n) is 3.53. The molecule has 0 N–H and O–H groups in total. The van der Waals surface area contributed by atoms with Gasteiger partial charge in [-0.05, 0) is 44.2 Å². The van der Waals surface area contributed by atoms with Crippen LogP contribution >= 0.6 is 11.3 Å². The van der Waals surface area contributed by atoms with E-state index in [9.17, 15) is 14.0 Å². The van der Waals surface area contributed by atoms with Gasteiger partial charge in [0.15, 0.2) is 5.13 Å². The number of hydrogen-bond acceptors (Lipinski definition) is 6. The molecular weight excluding hydrogens is 445 g/mol. The van der Waals surface area contributed by atoms with Crippen LogP contribution in [-0.2, 0) is 22.7 Å². The summed E-state index contributed by atoms with van der Waals surface area (Å²) in [5.41, 5.74) is 2.73. The first-order valence-electron chi connectivity index (χ1n) is 10.2. The van der Waals surface area contributed by atoms with Crippen molar-refractivity contribution in [2.45, 2.75) is 33.9 Å². The highest BCUT2D eigenvalue weighted by molar-refractivity contribution is 7.14. The summed E-state index contributed by atoms with van der Waals surface area (Å²) in [5.74, 6) is -0.583. The van der Waals surface area contributed by atoms with E-state index in [-0.39, 0.29) is 18.2 Å². The summed E-state index contributed by atoms with van der Waals surface area (Å²) < 4.78 is 27.1. The summed E-state index contributed by atoms with van der Waals surface area (Å²) in [5, 5.41) is 1.98. The molecule has 3 aromatic heterocycles. The molecule has 0 saturated carbocycles. The molecule has 0 fully saturated rings. The quantitative estimate of drug-likeness (QED) is 0.341. The SMILES string of the molecule is CC(=O)N(c1nc(COC(=O)c2cc(C)n(Cc3ccco3)c2C)cs1)c1ccccc1F. The van der Waals surface area contributed by atoms with Gasteiger partial charge in [0.05, 0.1) is 29.8 Å². The summed E-state index contributed by atoms with van der Waals surface area (Å²) in [6.07, 6.45) is 1.61. The van der Waals surface area contributed by atoms with Gasteiger partial charge in [-0.15, -0.1) is 11.3 Å². The smallest absolute Gasteiger partial charge is 0.340 e. The minimum absolute atomic E-state index is 0.0692. The largest absolute Gasteiger partial charge is 0.467 e. The summed E-state index contributed by atoms with van der Waals surface area (Å²) in [4.78, 5) is 30.5. The van der Waals surface area contributed by atoms with E-state index in [2.05, 4.69) is 4.98 Å². The molecule has 0 atom stereocenters. The van der Waals surface area contributed by atoms with Gasteiger partial charge in [-0.25, -0.2) is 14.2 Å². The second-order valence-electron chi connectivity index (χ2n) is 7.45. The Kier molecular flexibility index (Phi) is 6.41. The summed E-state index contributed by atoms with van der Waals surface area (Å²) in [6, 6.07) is 11.5. The molecule has 0 unspecified atom stereocenters. The first kappa shape index (κ1) is 22.5. The summed E-state index contributed by atoms with van der Waals surface area (Å²) in [6.45, 7) is 5.56. The molecule has 9 heteroatoms. The lowest BCUT2D eigenvalue weighted by Gasteiger charge is -2.18. The average Bonchev–Trinajstić information content (AvgIpc) is 3.52. The standard InChI is InChI=1S/C24H22FN3O4S/c1-15-11-20(16(2)27(15)12-19-7-6-10-31-19)23(30)32-13-18-14-33-24(26-18)28(17(3)29)22-9-5-4-8-21(22)25/h4-11,14H,12-13H2,1-3H3. The van der Waals surface area contributed by atoms with Crippen LogP contribution in [0.5, 0.6) is 0 Å². The van der Waals surface area contributed by atoms with E-state index in [4.69, 9.17) is 9.15 Å². The van der Waals surface area contributed by atoms with Gasteiger partial charge in [-0.3, -0.25) is 9.69 Å². The molecule has 7 nitrogen and oxygen atoms in total. The van der Waals surface area contributed by atoms with Crippen LogP contribution in [0.25, 0.3) is 0 Å². The fraction of sp³-hybridized carbons (Fsp3) is 0.208. The normalized spacial score (nSPS) is 10.9. The highest BCUT2D eigenvalue weighted by Gasteiger charge is 2.22. The fourth-order valence-corrected chi connectivity index (χ4v) is 4.40. The lowest BCUT2D eigenvalue weighted by Crippen LogP contribution is -2.23. The molecule has 0 aliphatic rings. The predicted octanol–water partition coefficient (Wildman–Crippen LogP) is 5.38. The minimum Gasteiger partial charge on any atom is -0.467 e. The number of ether oxygens (including phenoxy) is 1. The van der Waals surface area contributed by atoms with Crippen molar-refractivity contribution in [3.8, 4) is 0 Å². The predicted molar refractivity (Wildman–Crippen MR) is 122 cm³/mol. The lowest BCUT2D eigenvalue weighted by atomic mass is 10.2. The molecule has 4 rings (SSSR count). The molecule has 33 heavy (non-hydrogen) atoms. The van der Waals surface area contributed by atoms with Gasteiger partial charge >= 0.3 is 5.97 Å². The molecule has 4 aromatic rings. The number of carbonyl (C=O) groups is 2.